The molecule has 1 aromatic rings. The summed E-state index contributed by atoms with van der Waals surface area (Å²) in [5.41, 5.74) is 3.15. The number of allylic oxidation sites excluding steroid dienone is 1. The smallest absolute Gasteiger partial charge is 0.176 e. The first-order valence-corrected chi connectivity index (χ1v) is 5.25. The molecule has 1 aromatic carbocycles. The van der Waals surface area contributed by atoms with Gasteiger partial charge in [0.05, 0.1) is 0 Å². The van der Waals surface area contributed by atoms with E-state index in [4.69, 9.17) is 4.74 Å². The van der Waals surface area contributed by atoms with E-state index in [0.717, 1.165) is 28.9 Å². The summed E-state index contributed by atoms with van der Waals surface area (Å²) in [6, 6.07) is 0. The third-order valence-corrected chi connectivity index (χ3v) is 2.92. The van der Waals surface area contributed by atoms with Gasteiger partial charge in [0, 0.05) is 16.7 Å². The number of rotatable bonds is 3. The molecule has 3 rings (SSSR count). The van der Waals surface area contributed by atoms with Crippen molar-refractivity contribution in [3.05, 3.63) is 29.3 Å². The molecule has 0 amide bonds. The first kappa shape index (κ1) is 10.1. The van der Waals surface area contributed by atoms with Crippen LogP contribution in [0.4, 0.5) is 0 Å². The molecular weight excluding hydrogens is 188 g/mol. The number of hydrogen-bond donors (Lipinski definition) is 1. The number of ether oxygens (including phenoxy) is 1. The first-order chi connectivity index (χ1) is 7.07. The minimum atomic E-state index is 0.297. The fourth-order valence-corrected chi connectivity index (χ4v) is 2.07. The highest BCUT2D eigenvalue weighted by Crippen LogP contribution is 2.56. The van der Waals surface area contributed by atoms with Gasteiger partial charge < -0.3 is 9.84 Å². The van der Waals surface area contributed by atoms with Gasteiger partial charge in [-0.2, -0.15) is 0 Å². The Labute approximate surface area is 90.2 Å². The van der Waals surface area contributed by atoms with Crippen molar-refractivity contribution in [3.63, 3.8) is 0 Å². The van der Waals surface area contributed by atoms with Crippen molar-refractivity contribution in [1.29, 1.82) is 0 Å². The zero-order valence-corrected chi connectivity index (χ0v) is 9.42. The molecule has 0 aliphatic carbocycles. The lowest BCUT2D eigenvalue weighted by molar-refractivity contribution is 0.355. The number of phenols is 1. The van der Waals surface area contributed by atoms with Crippen LogP contribution in [-0.2, 0) is 6.42 Å². The van der Waals surface area contributed by atoms with Crippen molar-refractivity contribution in [2.75, 3.05) is 0 Å². The average molecular weight is 204 g/mol. The van der Waals surface area contributed by atoms with Gasteiger partial charge in [-0.1, -0.05) is 19.9 Å². The Hall–Kier alpha value is -1.44. The quantitative estimate of drug-likeness (QED) is 0.773. The van der Waals surface area contributed by atoms with Gasteiger partial charge >= 0.3 is 0 Å². The molecule has 15 heavy (non-hydrogen) atoms. The highest BCUT2D eigenvalue weighted by Gasteiger charge is 2.33. The highest BCUT2D eigenvalue weighted by molar-refractivity contribution is 5.70. The van der Waals surface area contributed by atoms with Gasteiger partial charge in [0.15, 0.2) is 11.5 Å². The highest BCUT2D eigenvalue weighted by atomic mass is 16.5. The molecule has 2 aliphatic rings. The Balaban J connectivity index is 2.62. The Morgan fingerprint density at radius 1 is 1.40 bits per heavy atom. The molecular formula is C13H16O2. The van der Waals surface area contributed by atoms with Gasteiger partial charge in [-0.25, -0.2) is 0 Å². The molecule has 0 saturated carbocycles. The number of fused-ring (bicyclic) bond motifs is 2. The molecule has 0 fully saturated rings. The minimum absolute atomic E-state index is 0.297. The summed E-state index contributed by atoms with van der Waals surface area (Å²) in [6.45, 7) is 9.87. The maximum atomic E-state index is 9.93. The second kappa shape index (κ2) is 3.30. The van der Waals surface area contributed by atoms with Gasteiger partial charge in [-0.3, -0.25) is 0 Å². The van der Waals surface area contributed by atoms with Gasteiger partial charge in [-0.15, -0.1) is 6.58 Å². The fraction of sp³-hybridized carbons (Fsp3) is 0.385. The molecule has 2 heteroatoms. The maximum absolute atomic E-state index is 9.93. The predicted molar refractivity (Wildman–Crippen MR) is 60.9 cm³/mol. The molecule has 0 saturated heterocycles. The van der Waals surface area contributed by atoms with Gasteiger partial charge in [0.2, 0.25) is 0 Å². The van der Waals surface area contributed by atoms with Crippen LogP contribution in [0, 0.1) is 6.92 Å². The van der Waals surface area contributed by atoms with Crippen LogP contribution in [0.2, 0.25) is 0 Å². The second-order valence-corrected chi connectivity index (χ2v) is 4.27. The SMILES string of the molecule is C=CCc1c(C)c(O)c2c(C(C)C)c1O2. The van der Waals surface area contributed by atoms with Gasteiger partial charge in [-0.05, 0) is 19.3 Å². The van der Waals surface area contributed by atoms with E-state index in [-0.39, 0.29) is 0 Å². The van der Waals surface area contributed by atoms with E-state index in [2.05, 4.69) is 20.4 Å². The van der Waals surface area contributed by atoms with Crippen molar-refractivity contribution in [2.45, 2.75) is 33.1 Å². The zero-order valence-electron chi connectivity index (χ0n) is 9.42. The monoisotopic (exact) mass is 204 g/mol. The first-order valence-electron chi connectivity index (χ1n) is 5.25. The topological polar surface area (TPSA) is 29.5 Å². The van der Waals surface area contributed by atoms with Gasteiger partial charge in [0.1, 0.15) is 5.75 Å². The van der Waals surface area contributed by atoms with Crippen LogP contribution in [0.15, 0.2) is 12.7 Å². The van der Waals surface area contributed by atoms with Crippen molar-refractivity contribution in [3.8, 4) is 17.2 Å². The maximum Gasteiger partial charge on any atom is 0.176 e. The minimum Gasteiger partial charge on any atom is -0.504 e. The summed E-state index contributed by atoms with van der Waals surface area (Å²) in [7, 11) is 0. The molecule has 2 nitrogen and oxygen atoms in total. The summed E-state index contributed by atoms with van der Waals surface area (Å²) in [4.78, 5) is 0. The van der Waals surface area contributed by atoms with Crippen LogP contribution in [0.25, 0.3) is 0 Å². The van der Waals surface area contributed by atoms with E-state index in [9.17, 15) is 5.11 Å². The number of hydrogen-bond acceptors (Lipinski definition) is 2. The normalized spacial score (nSPS) is 12.3. The Kier molecular flexibility index (Phi) is 2.22. The van der Waals surface area contributed by atoms with Crippen LogP contribution in [-0.4, -0.2) is 5.11 Å². The standard InChI is InChI=1S/C13H16O2/c1-5-6-9-8(4)11(14)13-10(7(2)3)12(9)15-13/h5,7,14H,1,6H2,2-4H3. The molecule has 2 bridgehead atoms. The molecule has 0 atom stereocenters. The average Bonchev–Trinajstić information content (AvgIpc) is 2.10. The van der Waals surface area contributed by atoms with Crippen LogP contribution in [0.1, 0.15) is 36.5 Å². The molecule has 0 unspecified atom stereocenters. The van der Waals surface area contributed by atoms with Crippen LogP contribution >= 0.6 is 0 Å². The van der Waals surface area contributed by atoms with Crippen molar-refractivity contribution in [1.82, 2.24) is 0 Å². The number of aromatic hydroxyl groups is 1. The van der Waals surface area contributed by atoms with Crippen LogP contribution in [0.3, 0.4) is 0 Å². The van der Waals surface area contributed by atoms with E-state index >= 15 is 0 Å². The van der Waals surface area contributed by atoms with Gasteiger partial charge in [0.25, 0.3) is 0 Å². The fourth-order valence-electron chi connectivity index (χ4n) is 2.07. The van der Waals surface area contributed by atoms with E-state index in [1.165, 1.54) is 0 Å². The van der Waals surface area contributed by atoms with E-state index < -0.39 is 0 Å². The lowest BCUT2D eigenvalue weighted by Gasteiger charge is -2.31. The molecule has 2 aliphatic heterocycles. The van der Waals surface area contributed by atoms with Crippen molar-refractivity contribution in [2.24, 2.45) is 0 Å². The predicted octanol–water partition coefficient (Wildman–Crippen LogP) is 3.66. The Morgan fingerprint density at radius 2 is 2.07 bits per heavy atom. The van der Waals surface area contributed by atoms with E-state index in [1.54, 1.807) is 0 Å². The van der Waals surface area contributed by atoms with Crippen LogP contribution in [0.5, 0.6) is 17.2 Å². The Morgan fingerprint density at radius 3 is 2.60 bits per heavy atom. The molecule has 0 radical (unpaired) electrons. The molecule has 0 spiro atoms. The summed E-state index contributed by atoms with van der Waals surface area (Å²) in [6.07, 6.45) is 2.58. The van der Waals surface area contributed by atoms with E-state index in [1.807, 2.05) is 13.0 Å². The Bertz CT molecular complexity index is 431. The molecule has 0 aromatic heterocycles. The number of phenolic OH excluding ortho intramolecular Hbond substituents is 1. The van der Waals surface area contributed by atoms with Crippen molar-refractivity contribution < 1.29 is 9.84 Å². The summed E-state index contributed by atoms with van der Waals surface area (Å²) in [5.74, 6) is 2.31. The lowest BCUT2D eigenvalue weighted by atomic mass is 9.89. The third kappa shape index (κ3) is 1.24. The summed E-state index contributed by atoms with van der Waals surface area (Å²) in [5, 5.41) is 9.93. The third-order valence-electron chi connectivity index (χ3n) is 2.92. The molecule has 1 N–H and O–H groups in total. The van der Waals surface area contributed by atoms with Crippen LogP contribution < -0.4 is 4.74 Å². The summed E-state index contributed by atoms with van der Waals surface area (Å²) >= 11 is 0. The van der Waals surface area contributed by atoms with Crippen molar-refractivity contribution >= 4 is 0 Å². The van der Waals surface area contributed by atoms with E-state index in [0.29, 0.717) is 17.4 Å². The zero-order chi connectivity index (χ0) is 11.2. The molecule has 80 valence electrons. The largest absolute Gasteiger partial charge is 0.504 e. The molecule has 2 heterocycles. The lowest BCUT2D eigenvalue weighted by Crippen LogP contribution is -2.12. The summed E-state index contributed by atoms with van der Waals surface area (Å²) < 4.78 is 5.50. The second-order valence-electron chi connectivity index (χ2n) is 4.27. The number of benzene rings is 1.